The first-order chi connectivity index (χ1) is 13.3. The molecule has 0 radical (unpaired) electrons. The number of carbonyl (C=O) groups is 2. The van der Waals surface area contributed by atoms with Crippen molar-refractivity contribution in [2.45, 2.75) is 32.9 Å². The molecule has 0 saturated carbocycles. The standard InChI is InChI=1S/C20H20N2O6/c1-12(2)9-16(23)17-18(13-5-3-6-14(10-13)22(26)27)21(20(25)19(17)24)11-15-7-4-8-28-15/h3-8,10,12,18,24H,9,11H2,1-2H3. The van der Waals surface area contributed by atoms with Crippen LogP contribution in [0.25, 0.3) is 0 Å². The molecule has 0 saturated heterocycles. The lowest BCUT2D eigenvalue weighted by molar-refractivity contribution is -0.384. The summed E-state index contributed by atoms with van der Waals surface area (Å²) in [6, 6.07) is 8.14. The average Bonchev–Trinajstić information content (AvgIpc) is 3.23. The van der Waals surface area contributed by atoms with Crippen LogP contribution in [0, 0.1) is 16.0 Å². The van der Waals surface area contributed by atoms with Gasteiger partial charge in [0.2, 0.25) is 0 Å². The Labute approximate surface area is 161 Å². The van der Waals surface area contributed by atoms with Gasteiger partial charge in [-0.1, -0.05) is 26.0 Å². The minimum Gasteiger partial charge on any atom is -0.503 e. The van der Waals surface area contributed by atoms with Crippen molar-refractivity contribution in [2.24, 2.45) is 5.92 Å². The Balaban J connectivity index is 2.08. The predicted octanol–water partition coefficient (Wildman–Crippen LogP) is 3.70. The van der Waals surface area contributed by atoms with Crippen LogP contribution in [-0.4, -0.2) is 26.6 Å². The number of non-ortho nitro benzene ring substituents is 1. The molecule has 1 aliphatic heterocycles. The lowest BCUT2D eigenvalue weighted by Crippen LogP contribution is -2.30. The molecule has 146 valence electrons. The largest absolute Gasteiger partial charge is 0.503 e. The summed E-state index contributed by atoms with van der Waals surface area (Å²) in [5.74, 6) is -1.20. The molecule has 3 rings (SSSR count). The number of nitrogens with zero attached hydrogens (tertiary/aromatic N) is 2. The molecule has 1 aromatic carbocycles. The quantitative estimate of drug-likeness (QED) is 0.575. The van der Waals surface area contributed by atoms with E-state index in [1.807, 2.05) is 13.8 Å². The number of hydrogen-bond donors (Lipinski definition) is 1. The fourth-order valence-electron chi connectivity index (χ4n) is 3.31. The van der Waals surface area contributed by atoms with Gasteiger partial charge in [0.15, 0.2) is 11.5 Å². The Hall–Kier alpha value is -3.42. The third-order valence-electron chi connectivity index (χ3n) is 4.50. The maximum atomic E-state index is 12.8. The maximum Gasteiger partial charge on any atom is 0.290 e. The van der Waals surface area contributed by atoms with Crippen LogP contribution >= 0.6 is 0 Å². The van der Waals surface area contributed by atoms with Crippen molar-refractivity contribution in [1.82, 2.24) is 4.90 Å². The van der Waals surface area contributed by atoms with E-state index in [0.29, 0.717) is 11.3 Å². The third kappa shape index (κ3) is 3.66. The van der Waals surface area contributed by atoms with E-state index < -0.39 is 22.6 Å². The van der Waals surface area contributed by atoms with Crippen molar-refractivity contribution in [2.75, 3.05) is 0 Å². The average molecular weight is 384 g/mol. The lowest BCUT2D eigenvalue weighted by atomic mass is 9.92. The number of nitro groups is 1. The van der Waals surface area contributed by atoms with Crippen LogP contribution in [-0.2, 0) is 16.1 Å². The van der Waals surface area contributed by atoms with Crippen molar-refractivity contribution in [3.63, 3.8) is 0 Å². The predicted molar refractivity (Wildman–Crippen MR) is 99.2 cm³/mol. The molecule has 28 heavy (non-hydrogen) atoms. The van der Waals surface area contributed by atoms with Crippen LogP contribution in [0.3, 0.4) is 0 Å². The third-order valence-corrected chi connectivity index (χ3v) is 4.50. The summed E-state index contributed by atoms with van der Waals surface area (Å²) in [6.07, 6.45) is 1.60. The molecule has 0 aliphatic carbocycles. The first-order valence-corrected chi connectivity index (χ1v) is 8.83. The summed E-state index contributed by atoms with van der Waals surface area (Å²) < 4.78 is 5.30. The van der Waals surface area contributed by atoms with E-state index in [9.17, 15) is 24.8 Å². The van der Waals surface area contributed by atoms with Crippen molar-refractivity contribution in [3.05, 3.63) is 75.4 Å². The highest BCUT2D eigenvalue weighted by molar-refractivity contribution is 6.09. The van der Waals surface area contributed by atoms with Gasteiger partial charge < -0.3 is 14.4 Å². The second-order valence-corrected chi connectivity index (χ2v) is 7.05. The molecule has 1 aromatic heterocycles. The minimum atomic E-state index is -0.927. The molecule has 1 atom stereocenters. The number of ketones is 1. The van der Waals surface area contributed by atoms with Crippen molar-refractivity contribution in [3.8, 4) is 0 Å². The lowest BCUT2D eigenvalue weighted by Gasteiger charge is -2.26. The summed E-state index contributed by atoms with van der Waals surface area (Å²) in [7, 11) is 0. The van der Waals surface area contributed by atoms with Gasteiger partial charge in [-0.25, -0.2) is 0 Å². The first-order valence-electron chi connectivity index (χ1n) is 8.83. The van der Waals surface area contributed by atoms with Crippen LogP contribution in [0.15, 0.2) is 58.4 Å². The van der Waals surface area contributed by atoms with Gasteiger partial charge in [0.25, 0.3) is 11.6 Å². The second-order valence-electron chi connectivity index (χ2n) is 7.05. The minimum absolute atomic E-state index is 0.0156. The molecule has 2 heterocycles. The normalized spacial score (nSPS) is 16.9. The van der Waals surface area contributed by atoms with E-state index in [1.165, 1.54) is 29.4 Å². The molecule has 1 N–H and O–H groups in total. The van der Waals surface area contributed by atoms with E-state index in [-0.39, 0.29) is 35.9 Å². The van der Waals surface area contributed by atoms with Crippen molar-refractivity contribution in [1.29, 1.82) is 0 Å². The first kappa shape index (κ1) is 19.3. The number of nitro benzene ring substituents is 1. The molecule has 0 fully saturated rings. The number of furan rings is 1. The van der Waals surface area contributed by atoms with Gasteiger partial charge in [-0.3, -0.25) is 19.7 Å². The van der Waals surface area contributed by atoms with Crippen molar-refractivity contribution >= 4 is 17.4 Å². The SMILES string of the molecule is CC(C)CC(=O)C1=C(O)C(=O)N(Cc2ccco2)C1c1cccc([N+](=O)[O-])c1. The number of carbonyl (C=O) groups excluding carboxylic acids is 2. The summed E-state index contributed by atoms with van der Waals surface area (Å²) in [4.78, 5) is 37.5. The Morgan fingerprint density at radius 1 is 1.32 bits per heavy atom. The maximum absolute atomic E-state index is 12.8. The van der Waals surface area contributed by atoms with Crippen LogP contribution in [0.2, 0.25) is 0 Å². The monoisotopic (exact) mass is 384 g/mol. The van der Waals surface area contributed by atoms with Crippen molar-refractivity contribution < 1.29 is 24.0 Å². The summed E-state index contributed by atoms with van der Waals surface area (Å²) in [6.45, 7) is 3.73. The zero-order chi connectivity index (χ0) is 20.4. The number of rotatable bonds is 7. The number of aliphatic hydroxyl groups is 1. The van der Waals surface area contributed by atoms with Gasteiger partial charge in [-0.15, -0.1) is 0 Å². The Morgan fingerprint density at radius 2 is 2.07 bits per heavy atom. The Morgan fingerprint density at radius 3 is 2.68 bits per heavy atom. The summed E-state index contributed by atoms with van der Waals surface area (Å²) in [5.41, 5.74) is 0.181. The van der Waals surface area contributed by atoms with E-state index in [0.717, 1.165) is 0 Å². The smallest absolute Gasteiger partial charge is 0.290 e. The number of Topliss-reactive ketones (excluding diaryl/α,β-unsaturated/α-hetero) is 1. The number of benzene rings is 1. The van der Waals surface area contributed by atoms with Crippen LogP contribution < -0.4 is 0 Å². The molecule has 1 amide bonds. The Bertz CT molecular complexity index is 945. The number of amides is 1. The van der Waals surface area contributed by atoms with E-state index in [2.05, 4.69) is 0 Å². The number of hydrogen-bond acceptors (Lipinski definition) is 6. The molecule has 8 nitrogen and oxygen atoms in total. The van der Waals surface area contributed by atoms with Gasteiger partial charge in [-0.05, 0) is 23.6 Å². The van der Waals surface area contributed by atoms with E-state index in [1.54, 1.807) is 18.2 Å². The molecule has 0 bridgehead atoms. The molecule has 1 aliphatic rings. The summed E-state index contributed by atoms with van der Waals surface area (Å²) >= 11 is 0. The topological polar surface area (TPSA) is 114 Å². The van der Waals surface area contributed by atoms with E-state index >= 15 is 0 Å². The van der Waals surface area contributed by atoms with E-state index in [4.69, 9.17) is 4.42 Å². The molecule has 8 heteroatoms. The molecule has 1 unspecified atom stereocenters. The highest BCUT2D eigenvalue weighted by Gasteiger charge is 2.44. The highest BCUT2D eigenvalue weighted by atomic mass is 16.6. The zero-order valence-corrected chi connectivity index (χ0v) is 15.5. The van der Waals surface area contributed by atoms with Crippen LogP contribution in [0.1, 0.15) is 37.6 Å². The van der Waals surface area contributed by atoms with Gasteiger partial charge >= 0.3 is 0 Å². The van der Waals surface area contributed by atoms with Gasteiger partial charge in [0, 0.05) is 18.6 Å². The Kier molecular flexibility index (Phi) is 5.30. The summed E-state index contributed by atoms with van der Waals surface area (Å²) in [5, 5.41) is 21.6. The molecular formula is C20H20N2O6. The molecule has 2 aromatic rings. The molecule has 0 spiro atoms. The fraction of sp³-hybridized carbons (Fsp3) is 0.300. The van der Waals surface area contributed by atoms with Gasteiger partial charge in [-0.2, -0.15) is 0 Å². The fourth-order valence-corrected chi connectivity index (χ4v) is 3.31. The van der Waals surface area contributed by atoms with Crippen LogP contribution in [0.5, 0.6) is 0 Å². The van der Waals surface area contributed by atoms with Gasteiger partial charge in [0.05, 0.1) is 29.3 Å². The molecular weight excluding hydrogens is 364 g/mol. The van der Waals surface area contributed by atoms with Gasteiger partial charge in [0.1, 0.15) is 5.76 Å². The highest BCUT2D eigenvalue weighted by Crippen LogP contribution is 2.40. The second kappa shape index (κ2) is 7.67. The number of aliphatic hydroxyl groups excluding tert-OH is 1. The zero-order valence-electron chi connectivity index (χ0n) is 15.5. The van der Waals surface area contributed by atoms with Crippen LogP contribution in [0.4, 0.5) is 5.69 Å².